The number of hydrogen-bond acceptors (Lipinski definition) is 4. The average Bonchev–Trinajstić information content (AvgIpc) is 2.81. The lowest BCUT2D eigenvalue weighted by atomic mass is 9.98. The van der Waals surface area contributed by atoms with Gasteiger partial charge >= 0.3 is 0 Å². The van der Waals surface area contributed by atoms with Crippen molar-refractivity contribution >= 4 is 23.2 Å². The van der Waals surface area contributed by atoms with Crippen LogP contribution in [0.2, 0.25) is 5.02 Å². The van der Waals surface area contributed by atoms with Gasteiger partial charge in [0.25, 0.3) is 5.91 Å². The van der Waals surface area contributed by atoms with Crippen LogP contribution >= 0.6 is 11.6 Å². The third-order valence-electron chi connectivity index (χ3n) is 6.81. The number of piperidine rings is 2. The SMILES string of the molecule is Cc1cc(Cl)ccc1OC1CCN(C2CCN(C(=O)c3ccc(N(C)C)cc3)CC2)CC1. The molecule has 172 valence electrons. The fraction of sp³-hybridized carbons (Fsp3) is 0.500. The van der Waals surface area contributed by atoms with Crippen molar-refractivity contribution in [3.63, 3.8) is 0 Å². The van der Waals surface area contributed by atoms with Gasteiger partial charge in [0.05, 0.1) is 0 Å². The fourth-order valence-electron chi connectivity index (χ4n) is 4.80. The molecule has 2 heterocycles. The van der Waals surface area contributed by atoms with E-state index in [4.69, 9.17) is 16.3 Å². The number of ether oxygens (including phenoxy) is 1. The molecule has 2 aliphatic heterocycles. The lowest BCUT2D eigenvalue weighted by Gasteiger charge is -2.41. The highest BCUT2D eigenvalue weighted by Gasteiger charge is 2.30. The second-order valence-corrected chi connectivity index (χ2v) is 9.66. The van der Waals surface area contributed by atoms with E-state index in [-0.39, 0.29) is 12.0 Å². The molecule has 0 aliphatic carbocycles. The molecular formula is C26H34ClN3O2. The number of halogens is 1. The summed E-state index contributed by atoms with van der Waals surface area (Å²) in [5, 5.41) is 0.750. The van der Waals surface area contributed by atoms with Crippen LogP contribution in [0.4, 0.5) is 5.69 Å². The van der Waals surface area contributed by atoms with Gasteiger partial charge in [-0.1, -0.05) is 11.6 Å². The molecule has 0 unspecified atom stereocenters. The Labute approximate surface area is 196 Å². The van der Waals surface area contributed by atoms with E-state index in [1.165, 1.54) is 0 Å². The normalized spacial score (nSPS) is 18.6. The zero-order valence-corrected chi connectivity index (χ0v) is 20.1. The third kappa shape index (κ3) is 5.38. The zero-order chi connectivity index (χ0) is 22.7. The van der Waals surface area contributed by atoms with Gasteiger partial charge < -0.3 is 14.5 Å². The number of nitrogens with zero attached hydrogens (tertiary/aromatic N) is 3. The van der Waals surface area contributed by atoms with Crippen molar-refractivity contribution in [2.75, 3.05) is 45.2 Å². The largest absolute Gasteiger partial charge is 0.490 e. The highest BCUT2D eigenvalue weighted by atomic mass is 35.5. The summed E-state index contributed by atoms with van der Waals surface area (Å²) in [5.74, 6) is 1.09. The Morgan fingerprint density at radius 3 is 2.22 bits per heavy atom. The van der Waals surface area contributed by atoms with E-state index in [0.29, 0.717) is 6.04 Å². The summed E-state index contributed by atoms with van der Waals surface area (Å²) in [6.45, 7) is 5.82. The van der Waals surface area contributed by atoms with E-state index in [1.54, 1.807) is 0 Å². The van der Waals surface area contributed by atoms with Gasteiger partial charge in [0, 0.05) is 62.6 Å². The first-order chi connectivity index (χ1) is 15.4. The number of hydrogen-bond donors (Lipinski definition) is 0. The topological polar surface area (TPSA) is 36.0 Å². The predicted molar refractivity (Wildman–Crippen MR) is 131 cm³/mol. The van der Waals surface area contributed by atoms with Crippen LogP contribution in [0.3, 0.4) is 0 Å². The maximum atomic E-state index is 12.9. The first-order valence-electron chi connectivity index (χ1n) is 11.6. The highest BCUT2D eigenvalue weighted by Crippen LogP contribution is 2.27. The van der Waals surface area contributed by atoms with Gasteiger partial charge in [-0.25, -0.2) is 0 Å². The number of anilines is 1. The molecule has 2 aliphatic rings. The fourth-order valence-corrected chi connectivity index (χ4v) is 5.03. The van der Waals surface area contributed by atoms with Crippen LogP contribution in [0, 0.1) is 6.92 Å². The van der Waals surface area contributed by atoms with Gasteiger partial charge in [-0.15, -0.1) is 0 Å². The minimum atomic E-state index is 0.152. The Bertz CT molecular complexity index is 915. The van der Waals surface area contributed by atoms with Crippen LogP contribution in [0.25, 0.3) is 0 Å². The van der Waals surface area contributed by atoms with E-state index < -0.39 is 0 Å². The Morgan fingerprint density at radius 1 is 0.969 bits per heavy atom. The van der Waals surface area contributed by atoms with Crippen molar-refractivity contribution in [3.8, 4) is 5.75 Å². The van der Waals surface area contributed by atoms with Gasteiger partial charge in [-0.05, 0) is 80.6 Å². The quantitative estimate of drug-likeness (QED) is 0.644. The number of carbonyl (C=O) groups excluding carboxylic acids is 1. The third-order valence-corrected chi connectivity index (χ3v) is 7.04. The monoisotopic (exact) mass is 455 g/mol. The molecule has 4 rings (SSSR count). The molecule has 2 saturated heterocycles. The molecule has 2 aromatic carbocycles. The molecule has 32 heavy (non-hydrogen) atoms. The molecule has 0 N–H and O–H groups in total. The first kappa shape index (κ1) is 22.9. The van der Waals surface area contributed by atoms with Crippen molar-refractivity contribution in [3.05, 3.63) is 58.6 Å². The molecule has 0 atom stereocenters. The lowest BCUT2D eigenvalue weighted by molar-refractivity contribution is 0.0424. The summed E-state index contributed by atoms with van der Waals surface area (Å²) >= 11 is 6.06. The minimum absolute atomic E-state index is 0.152. The molecule has 2 fully saturated rings. The first-order valence-corrected chi connectivity index (χ1v) is 12.0. The number of amides is 1. The van der Waals surface area contributed by atoms with E-state index in [1.807, 2.05) is 73.3 Å². The molecule has 1 amide bonds. The van der Waals surface area contributed by atoms with Gasteiger partial charge in [0.1, 0.15) is 11.9 Å². The molecular weight excluding hydrogens is 422 g/mol. The van der Waals surface area contributed by atoms with E-state index >= 15 is 0 Å². The standard InChI is InChI=1S/C26H34ClN3O2/c1-19-18-21(27)6-9-25(19)32-24-12-16-29(17-13-24)23-10-14-30(15-11-23)26(31)20-4-7-22(8-5-20)28(2)3/h4-9,18,23-24H,10-17H2,1-3H3. The summed E-state index contributed by atoms with van der Waals surface area (Å²) < 4.78 is 6.26. The number of carbonyl (C=O) groups is 1. The minimum Gasteiger partial charge on any atom is -0.490 e. The molecule has 0 aromatic heterocycles. The predicted octanol–water partition coefficient (Wildman–Crippen LogP) is 4.86. The molecule has 0 saturated carbocycles. The van der Waals surface area contributed by atoms with E-state index in [9.17, 15) is 4.79 Å². The van der Waals surface area contributed by atoms with Gasteiger partial charge in [-0.3, -0.25) is 9.69 Å². The van der Waals surface area contributed by atoms with Crippen LogP contribution in [0.1, 0.15) is 41.6 Å². The smallest absolute Gasteiger partial charge is 0.253 e. The second-order valence-electron chi connectivity index (χ2n) is 9.23. The molecule has 6 heteroatoms. The van der Waals surface area contributed by atoms with Crippen molar-refractivity contribution < 1.29 is 9.53 Å². The Kier molecular flexibility index (Phi) is 7.27. The number of rotatable bonds is 5. The van der Waals surface area contributed by atoms with Crippen LogP contribution in [-0.2, 0) is 0 Å². The lowest BCUT2D eigenvalue weighted by Crippen LogP contribution is -2.50. The summed E-state index contributed by atoms with van der Waals surface area (Å²) in [5.41, 5.74) is 2.98. The molecule has 0 bridgehead atoms. The van der Waals surface area contributed by atoms with Gasteiger partial charge in [0.15, 0.2) is 0 Å². The summed E-state index contributed by atoms with van der Waals surface area (Å²) in [6.07, 6.45) is 4.43. The average molecular weight is 456 g/mol. The molecule has 5 nitrogen and oxygen atoms in total. The number of likely N-dealkylation sites (tertiary alicyclic amines) is 2. The summed E-state index contributed by atoms with van der Waals surface area (Å²) in [6, 6.07) is 14.3. The van der Waals surface area contributed by atoms with E-state index in [2.05, 4.69) is 4.90 Å². The van der Waals surface area contributed by atoms with Crippen molar-refractivity contribution in [1.29, 1.82) is 0 Å². The van der Waals surface area contributed by atoms with Gasteiger partial charge in [0.2, 0.25) is 0 Å². The number of aryl methyl sites for hydroxylation is 1. The van der Waals surface area contributed by atoms with Crippen LogP contribution < -0.4 is 9.64 Å². The highest BCUT2D eigenvalue weighted by molar-refractivity contribution is 6.30. The molecule has 2 aromatic rings. The van der Waals surface area contributed by atoms with E-state index in [0.717, 1.165) is 79.4 Å². The van der Waals surface area contributed by atoms with Crippen LogP contribution in [0.15, 0.2) is 42.5 Å². The van der Waals surface area contributed by atoms with Crippen LogP contribution in [-0.4, -0.2) is 68.1 Å². The summed E-state index contributed by atoms with van der Waals surface area (Å²) in [4.78, 5) is 19.6. The van der Waals surface area contributed by atoms with Crippen molar-refractivity contribution in [2.24, 2.45) is 0 Å². The van der Waals surface area contributed by atoms with Crippen molar-refractivity contribution in [2.45, 2.75) is 44.8 Å². The zero-order valence-electron chi connectivity index (χ0n) is 19.4. The second kappa shape index (κ2) is 10.1. The molecule has 0 spiro atoms. The van der Waals surface area contributed by atoms with Gasteiger partial charge in [-0.2, -0.15) is 0 Å². The Hall–Kier alpha value is -2.24. The maximum Gasteiger partial charge on any atom is 0.253 e. The van der Waals surface area contributed by atoms with Crippen molar-refractivity contribution in [1.82, 2.24) is 9.80 Å². The number of benzene rings is 2. The Morgan fingerprint density at radius 2 is 1.62 bits per heavy atom. The Balaban J connectivity index is 1.24. The molecule has 0 radical (unpaired) electrons. The van der Waals surface area contributed by atoms with Crippen LogP contribution in [0.5, 0.6) is 5.75 Å². The summed E-state index contributed by atoms with van der Waals surface area (Å²) in [7, 11) is 4.02. The maximum absolute atomic E-state index is 12.9.